The first-order valence-electron chi connectivity index (χ1n) is 8.47. The number of nitrogens with one attached hydrogen (secondary N) is 1. The molecule has 0 spiro atoms. The van der Waals surface area contributed by atoms with Crippen molar-refractivity contribution < 1.29 is 18.3 Å². The Hall–Kier alpha value is -2.65. The van der Waals surface area contributed by atoms with Crippen LogP contribution in [-0.4, -0.2) is 33.0 Å². The van der Waals surface area contributed by atoms with Gasteiger partial charge in [-0.2, -0.15) is 8.78 Å². The minimum atomic E-state index is -2.87. The number of thioether (sulfide) groups is 1. The SMILES string of the molecule is Cc1c(Cl)cccc1NC(=O)CSc1nnc(-c2ccc(OC(F)F)cc2)n1C. The van der Waals surface area contributed by atoms with Gasteiger partial charge < -0.3 is 14.6 Å². The lowest BCUT2D eigenvalue weighted by Crippen LogP contribution is -2.15. The molecule has 1 N–H and O–H groups in total. The van der Waals surface area contributed by atoms with Crippen LogP contribution in [0.25, 0.3) is 11.4 Å². The lowest BCUT2D eigenvalue weighted by molar-refractivity contribution is -0.113. The lowest BCUT2D eigenvalue weighted by atomic mass is 10.2. The Kier molecular flexibility index (Phi) is 6.71. The summed E-state index contributed by atoms with van der Waals surface area (Å²) in [6.07, 6.45) is 0. The van der Waals surface area contributed by atoms with Gasteiger partial charge in [0.2, 0.25) is 5.91 Å². The molecule has 1 amide bonds. The van der Waals surface area contributed by atoms with Crippen molar-refractivity contribution in [3.8, 4) is 17.1 Å². The summed E-state index contributed by atoms with van der Waals surface area (Å²) in [4.78, 5) is 12.3. The Morgan fingerprint density at radius 1 is 1.24 bits per heavy atom. The highest BCUT2D eigenvalue weighted by molar-refractivity contribution is 7.99. The maximum atomic E-state index is 12.3. The molecule has 0 aliphatic rings. The molecule has 1 aromatic heterocycles. The van der Waals surface area contributed by atoms with Crippen LogP contribution in [0, 0.1) is 6.92 Å². The second kappa shape index (κ2) is 9.23. The van der Waals surface area contributed by atoms with E-state index in [4.69, 9.17) is 11.6 Å². The van der Waals surface area contributed by atoms with Gasteiger partial charge in [-0.3, -0.25) is 4.79 Å². The van der Waals surface area contributed by atoms with Crippen molar-refractivity contribution in [2.45, 2.75) is 18.7 Å². The van der Waals surface area contributed by atoms with Crippen LogP contribution in [0.2, 0.25) is 5.02 Å². The Morgan fingerprint density at radius 2 is 1.97 bits per heavy atom. The number of nitrogens with zero attached hydrogens (tertiary/aromatic N) is 3. The van der Waals surface area contributed by atoms with Crippen LogP contribution in [0.3, 0.4) is 0 Å². The molecule has 2 aromatic carbocycles. The van der Waals surface area contributed by atoms with E-state index in [0.29, 0.717) is 27.3 Å². The van der Waals surface area contributed by atoms with Crippen molar-refractivity contribution in [3.63, 3.8) is 0 Å². The average Bonchev–Trinajstić information content (AvgIpc) is 3.04. The molecule has 6 nitrogen and oxygen atoms in total. The van der Waals surface area contributed by atoms with Crippen molar-refractivity contribution in [2.75, 3.05) is 11.1 Å². The molecule has 0 unspecified atom stereocenters. The van der Waals surface area contributed by atoms with Gasteiger partial charge in [0.05, 0.1) is 5.75 Å². The van der Waals surface area contributed by atoms with E-state index in [-0.39, 0.29) is 17.4 Å². The van der Waals surface area contributed by atoms with Gasteiger partial charge in [-0.15, -0.1) is 10.2 Å². The van der Waals surface area contributed by atoms with Crippen LogP contribution >= 0.6 is 23.4 Å². The largest absolute Gasteiger partial charge is 0.435 e. The second-order valence-corrected chi connectivity index (χ2v) is 7.37. The van der Waals surface area contributed by atoms with E-state index in [2.05, 4.69) is 20.3 Å². The van der Waals surface area contributed by atoms with Crippen molar-refractivity contribution in [1.29, 1.82) is 0 Å². The standard InChI is InChI=1S/C19H17ClF2N4O2S/c1-11-14(20)4-3-5-15(11)23-16(27)10-29-19-25-24-17(26(19)2)12-6-8-13(9-7-12)28-18(21)22/h3-9,18H,10H2,1-2H3,(H,23,27). The van der Waals surface area contributed by atoms with Gasteiger partial charge in [-0.05, 0) is 48.9 Å². The zero-order valence-electron chi connectivity index (χ0n) is 15.5. The highest BCUT2D eigenvalue weighted by Gasteiger charge is 2.14. The van der Waals surface area contributed by atoms with Gasteiger partial charge in [-0.1, -0.05) is 29.4 Å². The summed E-state index contributed by atoms with van der Waals surface area (Å²) in [6, 6.07) is 11.4. The van der Waals surface area contributed by atoms with Gasteiger partial charge in [0, 0.05) is 23.3 Å². The number of alkyl halides is 2. The zero-order valence-corrected chi connectivity index (χ0v) is 17.1. The summed E-state index contributed by atoms with van der Waals surface area (Å²) in [5, 5.41) is 12.2. The molecule has 0 aliphatic carbocycles. The molecule has 0 atom stereocenters. The van der Waals surface area contributed by atoms with Crippen molar-refractivity contribution in [1.82, 2.24) is 14.8 Å². The number of halogens is 3. The molecule has 10 heteroatoms. The molecule has 3 aromatic rings. The molecule has 29 heavy (non-hydrogen) atoms. The number of carbonyl (C=O) groups excluding carboxylic acids is 1. The maximum Gasteiger partial charge on any atom is 0.387 e. The summed E-state index contributed by atoms with van der Waals surface area (Å²) in [5.41, 5.74) is 2.15. The zero-order chi connectivity index (χ0) is 21.0. The fourth-order valence-corrected chi connectivity index (χ4v) is 3.42. The van der Waals surface area contributed by atoms with Crippen LogP contribution in [0.1, 0.15) is 5.56 Å². The van der Waals surface area contributed by atoms with Crippen molar-refractivity contribution in [3.05, 3.63) is 53.1 Å². The van der Waals surface area contributed by atoms with E-state index in [1.54, 1.807) is 41.9 Å². The molecule has 0 fully saturated rings. The van der Waals surface area contributed by atoms with Crippen molar-refractivity contribution >= 4 is 35.0 Å². The first-order valence-corrected chi connectivity index (χ1v) is 9.84. The summed E-state index contributed by atoms with van der Waals surface area (Å²) in [6.45, 7) is -1.04. The van der Waals surface area contributed by atoms with Crippen LogP contribution in [-0.2, 0) is 11.8 Å². The predicted molar refractivity (Wildman–Crippen MR) is 109 cm³/mol. The van der Waals surface area contributed by atoms with Gasteiger partial charge in [0.25, 0.3) is 0 Å². The molecule has 0 bridgehead atoms. The van der Waals surface area contributed by atoms with Crippen LogP contribution < -0.4 is 10.1 Å². The maximum absolute atomic E-state index is 12.3. The molecule has 3 rings (SSSR count). The lowest BCUT2D eigenvalue weighted by Gasteiger charge is -2.09. The second-order valence-electron chi connectivity index (χ2n) is 6.02. The van der Waals surface area contributed by atoms with Gasteiger partial charge in [0.1, 0.15) is 5.75 Å². The Bertz CT molecular complexity index is 1010. The number of amides is 1. The van der Waals surface area contributed by atoms with Crippen LogP contribution in [0.15, 0.2) is 47.6 Å². The minimum Gasteiger partial charge on any atom is -0.435 e. The molecule has 0 saturated carbocycles. The van der Waals surface area contributed by atoms with E-state index < -0.39 is 6.61 Å². The third kappa shape index (κ3) is 5.24. The number of anilines is 1. The molecule has 0 radical (unpaired) electrons. The molecular formula is C19H17ClF2N4O2S. The smallest absolute Gasteiger partial charge is 0.387 e. The third-order valence-corrected chi connectivity index (χ3v) is 5.48. The fourth-order valence-electron chi connectivity index (χ4n) is 2.54. The summed E-state index contributed by atoms with van der Waals surface area (Å²) in [7, 11) is 1.76. The predicted octanol–water partition coefficient (Wildman–Crippen LogP) is 4.78. The monoisotopic (exact) mass is 438 g/mol. The van der Waals surface area contributed by atoms with E-state index in [1.807, 2.05) is 6.92 Å². The molecular weight excluding hydrogens is 422 g/mol. The number of carbonyl (C=O) groups is 1. The quantitative estimate of drug-likeness (QED) is 0.538. The van der Waals surface area contributed by atoms with E-state index in [9.17, 15) is 13.6 Å². The Morgan fingerprint density at radius 3 is 2.66 bits per heavy atom. The number of aromatic nitrogens is 3. The number of ether oxygens (including phenoxy) is 1. The molecule has 0 aliphatic heterocycles. The normalized spacial score (nSPS) is 11.0. The third-order valence-electron chi connectivity index (χ3n) is 4.05. The summed E-state index contributed by atoms with van der Waals surface area (Å²) >= 11 is 7.30. The van der Waals surface area contributed by atoms with E-state index in [0.717, 1.165) is 5.56 Å². The molecule has 152 valence electrons. The van der Waals surface area contributed by atoms with Gasteiger partial charge >= 0.3 is 6.61 Å². The Labute approximate surface area is 175 Å². The molecule has 0 saturated heterocycles. The first-order chi connectivity index (χ1) is 13.8. The van der Waals surface area contributed by atoms with Gasteiger partial charge in [-0.25, -0.2) is 0 Å². The fraction of sp³-hybridized carbons (Fsp3) is 0.211. The number of hydrogen-bond acceptors (Lipinski definition) is 5. The molecule has 1 heterocycles. The first kappa shape index (κ1) is 21.1. The topological polar surface area (TPSA) is 69.0 Å². The summed E-state index contributed by atoms with van der Waals surface area (Å²) < 4.78 is 30.6. The summed E-state index contributed by atoms with van der Waals surface area (Å²) in [5.74, 6) is 0.549. The highest BCUT2D eigenvalue weighted by atomic mass is 35.5. The van der Waals surface area contributed by atoms with Gasteiger partial charge in [0.15, 0.2) is 11.0 Å². The number of rotatable bonds is 7. The number of benzene rings is 2. The minimum absolute atomic E-state index is 0.0634. The number of hydrogen-bond donors (Lipinski definition) is 1. The van der Waals surface area contributed by atoms with E-state index in [1.165, 1.54) is 23.9 Å². The van der Waals surface area contributed by atoms with E-state index >= 15 is 0 Å². The average molecular weight is 439 g/mol. The Balaban J connectivity index is 1.63. The van der Waals surface area contributed by atoms with Crippen LogP contribution in [0.4, 0.5) is 14.5 Å². The highest BCUT2D eigenvalue weighted by Crippen LogP contribution is 2.26. The van der Waals surface area contributed by atoms with Crippen LogP contribution in [0.5, 0.6) is 5.75 Å². The van der Waals surface area contributed by atoms with Crippen molar-refractivity contribution in [2.24, 2.45) is 7.05 Å².